The van der Waals surface area contributed by atoms with Crippen LogP contribution in [0, 0.1) is 0 Å². The Morgan fingerprint density at radius 2 is 2.11 bits per heavy atom. The summed E-state index contributed by atoms with van der Waals surface area (Å²) in [6.45, 7) is 10.4. The van der Waals surface area contributed by atoms with Crippen LogP contribution in [0.25, 0.3) is 0 Å². The monoisotopic (exact) mass is 251 g/mol. The fourth-order valence-electron chi connectivity index (χ4n) is 2.23. The number of aromatic nitrogens is 1. The molecule has 0 radical (unpaired) electrons. The van der Waals surface area contributed by atoms with Gasteiger partial charge in [-0.1, -0.05) is 6.92 Å². The van der Waals surface area contributed by atoms with Gasteiger partial charge in [-0.25, -0.2) is 0 Å². The Labute approximate surface area is 110 Å². The Kier molecular flexibility index (Phi) is 5.71. The van der Waals surface area contributed by atoms with Gasteiger partial charge in [0.25, 0.3) is 0 Å². The van der Waals surface area contributed by atoms with Gasteiger partial charge in [-0.05, 0) is 24.6 Å². The molecule has 102 valence electrons. The lowest BCUT2D eigenvalue weighted by molar-refractivity contribution is 0.0364. The summed E-state index contributed by atoms with van der Waals surface area (Å²) in [7, 11) is 0. The van der Waals surface area contributed by atoms with Crippen molar-refractivity contribution < 1.29 is 4.74 Å². The summed E-state index contributed by atoms with van der Waals surface area (Å²) in [5.41, 5.74) is 1.38. The van der Waals surface area contributed by atoms with Crippen LogP contribution >= 0.6 is 0 Å². The van der Waals surface area contributed by atoms with E-state index < -0.39 is 0 Å². The van der Waals surface area contributed by atoms with Gasteiger partial charge in [0, 0.05) is 45.1 Å². The molecule has 0 aromatic carbocycles. The predicted molar refractivity (Wildman–Crippen MR) is 73.7 cm³/mol. The summed E-state index contributed by atoms with van der Waals surface area (Å²) in [5.74, 6) is 0. The Morgan fingerprint density at radius 1 is 1.28 bits per heavy atom. The highest BCUT2D eigenvalue weighted by Crippen LogP contribution is 2.03. The van der Waals surface area contributed by atoms with Gasteiger partial charge in [-0.15, -0.1) is 0 Å². The van der Waals surface area contributed by atoms with Crippen molar-refractivity contribution in [1.29, 1.82) is 0 Å². The number of ether oxygens (including phenoxy) is 1. The lowest BCUT2D eigenvalue weighted by Gasteiger charge is -2.26. The average molecular weight is 251 g/mol. The van der Waals surface area contributed by atoms with E-state index >= 15 is 0 Å². The molecule has 1 aromatic rings. The minimum absolute atomic E-state index is 0.887. The largest absolute Gasteiger partial charge is 0.379 e. The van der Waals surface area contributed by atoms with Crippen molar-refractivity contribution in [3.8, 4) is 0 Å². The van der Waals surface area contributed by atoms with Crippen LogP contribution in [-0.2, 0) is 17.8 Å². The zero-order chi connectivity index (χ0) is 12.6. The molecular weight excluding hydrogens is 226 g/mol. The molecule has 4 heteroatoms. The van der Waals surface area contributed by atoms with E-state index in [1.165, 1.54) is 12.0 Å². The van der Waals surface area contributed by atoms with Crippen molar-refractivity contribution in [2.75, 3.05) is 39.4 Å². The lowest BCUT2D eigenvalue weighted by atomic mass is 10.3. The van der Waals surface area contributed by atoms with E-state index in [9.17, 15) is 0 Å². The lowest BCUT2D eigenvalue weighted by Crippen LogP contribution is -2.38. The maximum Gasteiger partial charge on any atom is 0.0594 e. The van der Waals surface area contributed by atoms with Crippen LogP contribution in [0.2, 0.25) is 0 Å². The van der Waals surface area contributed by atoms with Crippen molar-refractivity contribution in [2.45, 2.75) is 26.4 Å². The Bertz CT molecular complexity index is 332. The van der Waals surface area contributed by atoms with Crippen molar-refractivity contribution >= 4 is 0 Å². The number of nitrogens with one attached hydrogen (secondary N) is 1. The first-order valence-electron chi connectivity index (χ1n) is 7.04. The molecule has 1 N–H and O–H groups in total. The molecule has 0 spiro atoms. The van der Waals surface area contributed by atoms with Crippen LogP contribution in [-0.4, -0.2) is 48.9 Å². The summed E-state index contributed by atoms with van der Waals surface area (Å²) in [4.78, 5) is 2.47. The second kappa shape index (κ2) is 7.56. The third-order valence-electron chi connectivity index (χ3n) is 3.35. The van der Waals surface area contributed by atoms with Crippen molar-refractivity contribution in [3.05, 3.63) is 24.0 Å². The molecule has 1 aromatic heterocycles. The molecule has 1 saturated heterocycles. The first kappa shape index (κ1) is 13.6. The molecule has 0 unspecified atom stereocenters. The fourth-order valence-corrected chi connectivity index (χ4v) is 2.23. The molecular formula is C14H25N3O. The number of hydrogen-bond donors (Lipinski definition) is 1. The van der Waals surface area contributed by atoms with Gasteiger partial charge in [0.2, 0.25) is 0 Å². The first-order valence-corrected chi connectivity index (χ1v) is 7.04. The first-order chi connectivity index (χ1) is 8.88. The Hall–Kier alpha value is -0.840. The summed E-state index contributed by atoms with van der Waals surface area (Å²) < 4.78 is 7.64. The molecule has 0 atom stereocenters. The van der Waals surface area contributed by atoms with Gasteiger partial charge < -0.3 is 14.6 Å². The van der Waals surface area contributed by atoms with Gasteiger partial charge in [-0.2, -0.15) is 0 Å². The van der Waals surface area contributed by atoms with Crippen molar-refractivity contribution in [2.24, 2.45) is 0 Å². The van der Waals surface area contributed by atoms with Crippen LogP contribution in [0.5, 0.6) is 0 Å². The van der Waals surface area contributed by atoms with Crippen LogP contribution in [0.4, 0.5) is 0 Å². The van der Waals surface area contributed by atoms with Gasteiger partial charge in [0.1, 0.15) is 0 Å². The van der Waals surface area contributed by atoms with Crippen molar-refractivity contribution in [1.82, 2.24) is 14.8 Å². The number of rotatable bonds is 7. The molecule has 0 bridgehead atoms. The topological polar surface area (TPSA) is 29.4 Å². The molecule has 1 aliphatic rings. The third kappa shape index (κ3) is 4.44. The molecule has 2 rings (SSSR count). The highest BCUT2D eigenvalue weighted by Gasteiger charge is 2.09. The quantitative estimate of drug-likeness (QED) is 0.741. The fraction of sp³-hybridized carbons (Fsp3) is 0.714. The highest BCUT2D eigenvalue weighted by molar-refractivity contribution is 5.09. The number of morpholine rings is 1. The summed E-state index contributed by atoms with van der Waals surface area (Å²) in [5, 5.41) is 3.43. The van der Waals surface area contributed by atoms with E-state index in [1.54, 1.807) is 0 Å². The van der Waals surface area contributed by atoms with Crippen LogP contribution < -0.4 is 5.32 Å². The van der Waals surface area contributed by atoms with E-state index in [0.29, 0.717) is 0 Å². The minimum Gasteiger partial charge on any atom is -0.379 e. The Morgan fingerprint density at radius 3 is 2.89 bits per heavy atom. The number of nitrogens with zero attached hydrogens (tertiary/aromatic N) is 2. The van der Waals surface area contributed by atoms with Crippen LogP contribution in [0.1, 0.15) is 18.9 Å². The maximum absolute atomic E-state index is 5.35. The normalized spacial score (nSPS) is 17.2. The van der Waals surface area contributed by atoms with E-state index in [4.69, 9.17) is 4.74 Å². The molecule has 1 fully saturated rings. The summed E-state index contributed by atoms with van der Waals surface area (Å²) in [6, 6.07) is 2.21. The van der Waals surface area contributed by atoms with E-state index in [-0.39, 0.29) is 0 Å². The predicted octanol–water partition coefficient (Wildman–Crippen LogP) is 1.32. The maximum atomic E-state index is 5.35. The van der Waals surface area contributed by atoms with Gasteiger partial charge in [0.05, 0.1) is 13.2 Å². The second-order valence-electron chi connectivity index (χ2n) is 4.89. The zero-order valence-electron chi connectivity index (χ0n) is 11.4. The van der Waals surface area contributed by atoms with Crippen molar-refractivity contribution in [3.63, 3.8) is 0 Å². The van der Waals surface area contributed by atoms with Crippen LogP contribution in [0.3, 0.4) is 0 Å². The van der Waals surface area contributed by atoms with Gasteiger partial charge >= 0.3 is 0 Å². The van der Waals surface area contributed by atoms with E-state index in [1.807, 2.05) is 0 Å². The molecule has 0 saturated carbocycles. The van der Waals surface area contributed by atoms with Crippen LogP contribution in [0.15, 0.2) is 18.5 Å². The summed E-state index contributed by atoms with van der Waals surface area (Å²) in [6.07, 6.45) is 5.63. The molecule has 0 amide bonds. The smallest absolute Gasteiger partial charge is 0.0594 e. The standard InChI is InChI=1S/C14H25N3O/c1-2-4-15-12-14-3-5-17(13-14)7-6-16-8-10-18-11-9-16/h3,5,13,15H,2,4,6-12H2,1H3. The molecule has 2 heterocycles. The highest BCUT2D eigenvalue weighted by atomic mass is 16.5. The molecule has 1 aliphatic heterocycles. The molecule has 4 nitrogen and oxygen atoms in total. The van der Waals surface area contributed by atoms with E-state index in [0.717, 1.165) is 52.5 Å². The third-order valence-corrected chi connectivity index (χ3v) is 3.35. The second-order valence-corrected chi connectivity index (χ2v) is 4.89. The molecule has 0 aliphatic carbocycles. The SMILES string of the molecule is CCCNCc1ccn(CCN2CCOCC2)c1. The molecule has 18 heavy (non-hydrogen) atoms. The minimum atomic E-state index is 0.887. The van der Waals surface area contributed by atoms with E-state index in [2.05, 4.69) is 40.2 Å². The zero-order valence-corrected chi connectivity index (χ0v) is 11.4. The summed E-state index contributed by atoms with van der Waals surface area (Å²) >= 11 is 0. The number of hydrogen-bond acceptors (Lipinski definition) is 3. The average Bonchev–Trinajstić information content (AvgIpc) is 2.86. The Balaban J connectivity index is 1.69. The van der Waals surface area contributed by atoms with Gasteiger partial charge in [-0.3, -0.25) is 4.90 Å². The van der Waals surface area contributed by atoms with Gasteiger partial charge in [0.15, 0.2) is 0 Å².